The van der Waals surface area contributed by atoms with Crippen molar-refractivity contribution in [2.75, 3.05) is 0 Å². The monoisotopic (exact) mass is 246 g/mol. The number of rotatable bonds is 2. The number of aryl methyl sites for hydroxylation is 1. The highest BCUT2D eigenvalue weighted by Crippen LogP contribution is 2.29. The van der Waals surface area contributed by atoms with E-state index in [1.807, 2.05) is 19.1 Å². The lowest BCUT2D eigenvalue weighted by atomic mass is 9.78. The van der Waals surface area contributed by atoms with Gasteiger partial charge in [-0.15, -0.1) is 0 Å². The van der Waals surface area contributed by atoms with Gasteiger partial charge < -0.3 is 5.32 Å². The van der Waals surface area contributed by atoms with Crippen molar-refractivity contribution in [3.8, 4) is 0 Å². The summed E-state index contributed by atoms with van der Waals surface area (Å²) in [5, 5.41) is 3.16. The molecule has 0 radical (unpaired) electrons. The Hall–Kier alpha value is -1.38. The smallest absolute Gasteiger partial charge is 0.253 e. The third-order valence-electron chi connectivity index (χ3n) is 4.20. The summed E-state index contributed by atoms with van der Waals surface area (Å²) in [6, 6.07) is 4.03. The van der Waals surface area contributed by atoms with Gasteiger partial charge in [0, 0.05) is 17.9 Å². The molecule has 0 spiro atoms. The van der Waals surface area contributed by atoms with Gasteiger partial charge in [-0.25, -0.2) is 0 Å². The number of amides is 1. The van der Waals surface area contributed by atoms with Crippen LogP contribution in [0.5, 0.6) is 0 Å². The van der Waals surface area contributed by atoms with E-state index in [0.29, 0.717) is 23.4 Å². The molecule has 18 heavy (non-hydrogen) atoms. The van der Waals surface area contributed by atoms with Crippen molar-refractivity contribution in [1.82, 2.24) is 10.3 Å². The molecule has 98 valence electrons. The number of carbonyl (C=O) groups excluding carboxylic acids is 1. The number of nitrogens with zero attached hydrogens (tertiary/aromatic N) is 1. The zero-order valence-electron chi connectivity index (χ0n) is 11.4. The van der Waals surface area contributed by atoms with Gasteiger partial charge >= 0.3 is 0 Å². The largest absolute Gasteiger partial charge is 0.349 e. The topological polar surface area (TPSA) is 42.0 Å². The second kappa shape index (κ2) is 5.51. The first-order valence-corrected chi connectivity index (χ1v) is 6.81. The molecule has 3 nitrogen and oxygen atoms in total. The van der Waals surface area contributed by atoms with Crippen molar-refractivity contribution in [3.05, 3.63) is 29.6 Å². The molecule has 2 rings (SSSR count). The normalized spacial score (nSPS) is 27.8. The van der Waals surface area contributed by atoms with E-state index >= 15 is 0 Å². The van der Waals surface area contributed by atoms with Crippen LogP contribution in [-0.2, 0) is 0 Å². The zero-order chi connectivity index (χ0) is 13.1. The highest BCUT2D eigenvalue weighted by molar-refractivity contribution is 5.94. The van der Waals surface area contributed by atoms with Gasteiger partial charge in [-0.1, -0.05) is 26.7 Å². The van der Waals surface area contributed by atoms with Crippen LogP contribution in [0.25, 0.3) is 0 Å². The van der Waals surface area contributed by atoms with Crippen LogP contribution in [0.1, 0.15) is 49.2 Å². The van der Waals surface area contributed by atoms with Crippen LogP contribution < -0.4 is 5.32 Å². The maximum absolute atomic E-state index is 12.1. The number of pyridine rings is 1. The Labute approximate surface area is 109 Å². The first-order chi connectivity index (χ1) is 8.58. The van der Waals surface area contributed by atoms with Gasteiger partial charge in [0.05, 0.1) is 5.56 Å². The van der Waals surface area contributed by atoms with Crippen molar-refractivity contribution in [2.24, 2.45) is 11.8 Å². The minimum absolute atomic E-state index is 0.00782. The van der Waals surface area contributed by atoms with Crippen LogP contribution in [0.15, 0.2) is 18.3 Å². The fraction of sp³-hybridized carbons (Fsp3) is 0.600. The summed E-state index contributed by atoms with van der Waals surface area (Å²) < 4.78 is 0. The fourth-order valence-electron chi connectivity index (χ4n) is 2.64. The molecule has 1 heterocycles. The van der Waals surface area contributed by atoms with Crippen LogP contribution in [0, 0.1) is 18.8 Å². The molecule has 0 bridgehead atoms. The Kier molecular flexibility index (Phi) is 4.00. The van der Waals surface area contributed by atoms with Gasteiger partial charge in [-0.3, -0.25) is 9.78 Å². The van der Waals surface area contributed by atoms with Crippen molar-refractivity contribution in [2.45, 2.75) is 46.1 Å². The maximum atomic E-state index is 12.1. The average Bonchev–Trinajstić information content (AvgIpc) is 2.36. The number of carbonyl (C=O) groups is 1. The summed E-state index contributed by atoms with van der Waals surface area (Å²) in [7, 11) is 0. The first-order valence-electron chi connectivity index (χ1n) is 6.81. The van der Waals surface area contributed by atoms with Crippen LogP contribution in [0.4, 0.5) is 0 Å². The molecule has 3 heteroatoms. The quantitative estimate of drug-likeness (QED) is 0.871. The maximum Gasteiger partial charge on any atom is 0.253 e. The molecule has 1 aromatic rings. The standard InChI is InChI=1S/C15H22N2O/c1-10-5-4-6-14(12(10)3)17-15(18)13-8-7-11(2)16-9-13/h7-10,12,14H,4-6H2,1-3H3,(H,17,18). The van der Waals surface area contributed by atoms with E-state index in [0.717, 1.165) is 12.1 Å². The highest BCUT2D eigenvalue weighted by atomic mass is 16.1. The lowest BCUT2D eigenvalue weighted by molar-refractivity contribution is 0.0890. The SMILES string of the molecule is Cc1ccc(C(=O)NC2CCCC(C)C2C)cn1. The highest BCUT2D eigenvalue weighted by Gasteiger charge is 2.28. The molecule has 3 atom stereocenters. The average molecular weight is 246 g/mol. The summed E-state index contributed by atoms with van der Waals surface area (Å²) in [6.07, 6.45) is 5.24. The van der Waals surface area contributed by atoms with Gasteiger partial charge in [0.2, 0.25) is 0 Å². The van der Waals surface area contributed by atoms with Crippen LogP contribution in [-0.4, -0.2) is 16.9 Å². The number of hydrogen-bond donors (Lipinski definition) is 1. The molecule has 0 saturated heterocycles. The summed E-state index contributed by atoms with van der Waals surface area (Å²) in [5.41, 5.74) is 1.59. The van der Waals surface area contributed by atoms with E-state index in [-0.39, 0.29) is 5.91 Å². The second-order valence-corrected chi connectivity index (χ2v) is 5.54. The Balaban J connectivity index is 2.00. The Morgan fingerprint density at radius 3 is 2.78 bits per heavy atom. The van der Waals surface area contributed by atoms with Crippen LogP contribution in [0.3, 0.4) is 0 Å². The Morgan fingerprint density at radius 2 is 2.11 bits per heavy atom. The second-order valence-electron chi connectivity index (χ2n) is 5.54. The third kappa shape index (κ3) is 2.89. The molecule has 0 aromatic carbocycles. The Morgan fingerprint density at radius 1 is 1.33 bits per heavy atom. The van der Waals surface area contributed by atoms with E-state index in [2.05, 4.69) is 24.1 Å². The van der Waals surface area contributed by atoms with Crippen molar-refractivity contribution >= 4 is 5.91 Å². The predicted molar refractivity (Wildman–Crippen MR) is 72.4 cm³/mol. The minimum Gasteiger partial charge on any atom is -0.349 e. The Bertz CT molecular complexity index is 413. The fourth-order valence-corrected chi connectivity index (χ4v) is 2.64. The van der Waals surface area contributed by atoms with Crippen molar-refractivity contribution in [3.63, 3.8) is 0 Å². The van der Waals surface area contributed by atoms with E-state index < -0.39 is 0 Å². The van der Waals surface area contributed by atoms with Crippen molar-refractivity contribution in [1.29, 1.82) is 0 Å². The minimum atomic E-state index is 0.00782. The van der Waals surface area contributed by atoms with Crippen molar-refractivity contribution < 1.29 is 4.79 Å². The van der Waals surface area contributed by atoms with Gasteiger partial charge in [0.25, 0.3) is 5.91 Å². The molecule has 1 aromatic heterocycles. The van der Waals surface area contributed by atoms with Gasteiger partial charge in [0.1, 0.15) is 0 Å². The lowest BCUT2D eigenvalue weighted by Crippen LogP contribution is -2.43. The summed E-state index contributed by atoms with van der Waals surface area (Å²) in [6.45, 7) is 6.44. The summed E-state index contributed by atoms with van der Waals surface area (Å²) in [4.78, 5) is 16.3. The molecule has 1 aliphatic carbocycles. The van der Waals surface area contributed by atoms with Gasteiger partial charge in [-0.2, -0.15) is 0 Å². The molecule has 1 fully saturated rings. The van der Waals surface area contributed by atoms with E-state index in [4.69, 9.17) is 0 Å². The molecule has 0 aliphatic heterocycles. The van der Waals surface area contributed by atoms with Gasteiger partial charge in [-0.05, 0) is 37.3 Å². The van der Waals surface area contributed by atoms with E-state index in [9.17, 15) is 4.79 Å². The van der Waals surface area contributed by atoms with Crippen LogP contribution >= 0.6 is 0 Å². The molecule has 1 aliphatic rings. The van der Waals surface area contributed by atoms with Gasteiger partial charge in [0.15, 0.2) is 0 Å². The zero-order valence-corrected chi connectivity index (χ0v) is 11.4. The predicted octanol–water partition coefficient (Wildman–Crippen LogP) is 2.94. The molecule has 3 unspecified atom stereocenters. The number of hydrogen-bond acceptors (Lipinski definition) is 2. The third-order valence-corrected chi connectivity index (χ3v) is 4.20. The van der Waals surface area contributed by atoms with E-state index in [1.54, 1.807) is 6.20 Å². The number of aromatic nitrogens is 1. The van der Waals surface area contributed by atoms with Crippen LogP contribution in [0.2, 0.25) is 0 Å². The number of nitrogens with one attached hydrogen (secondary N) is 1. The molecular weight excluding hydrogens is 224 g/mol. The summed E-state index contributed by atoms with van der Waals surface area (Å²) in [5.74, 6) is 1.26. The molecular formula is C15H22N2O. The first kappa shape index (κ1) is 13.1. The molecule has 1 amide bonds. The molecule has 1 saturated carbocycles. The van der Waals surface area contributed by atoms with E-state index in [1.165, 1.54) is 12.8 Å². The molecule has 1 N–H and O–H groups in total. The lowest BCUT2D eigenvalue weighted by Gasteiger charge is -2.34. The summed E-state index contributed by atoms with van der Waals surface area (Å²) >= 11 is 0.